The molecular weight excluding hydrogens is 208 g/mol. The molecule has 0 bridgehead atoms. The lowest BCUT2D eigenvalue weighted by molar-refractivity contribution is 0.145. The van der Waals surface area contributed by atoms with Crippen LogP contribution in [0.15, 0.2) is 11.4 Å². The summed E-state index contributed by atoms with van der Waals surface area (Å²) in [6, 6.07) is 1.93. The first-order valence-corrected chi connectivity index (χ1v) is 6.48. The average Bonchev–Trinajstić information content (AvgIpc) is 2.86. The third-order valence-corrected chi connectivity index (χ3v) is 4.21. The predicted molar refractivity (Wildman–Crippen MR) is 62.4 cm³/mol. The van der Waals surface area contributed by atoms with Gasteiger partial charge in [-0.2, -0.15) is 0 Å². The lowest BCUT2D eigenvalue weighted by Crippen LogP contribution is -2.03. The average molecular weight is 226 g/mol. The number of ether oxygens (including phenoxy) is 1. The molecule has 1 aliphatic carbocycles. The van der Waals surface area contributed by atoms with Gasteiger partial charge in [0.1, 0.15) is 5.75 Å². The molecule has 1 heterocycles. The third-order valence-electron chi connectivity index (χ3n) is 3.21. The fourth-order valence-corrected chi connectivity index (χ4v) is 3.25. The van der Waals surface area contributed by atoms with E-state index in [-0.39, 0.29) is 6.10 Å². The van der Waals surface area contributed by atoms with Crippen LogP contribution in [0.1, 0.15) is 43.1 Å². The van der Waals surface area contributed by atoms with Gasteiger partial charge in [-0.05, 0) is 23.8 Å². The first-order valence-electron chi connectivity index (χ1n) is 5.60. The largest absolute Gasteiger partial charge is 0.495 e. The quantitative estimate of drug-likeness (QED) is 0.853. The summed E-state index contributed by atoms with van der Waals surface area (Å²) < 4.78 is 5.22. The molecule has 1 N–H and O–H groups in total. The van der Waals surface area contributed by atoms with E-state index in [2.05, 4.69) is 0 Å². The Labute approximate surface area is 94.9 Å². The molecule has 0 aliphatic heterocycles. The van der Waals surface area contributed by atoms with Gasteiger partial charge in [-0.15, -0.1) is 11.3 Å². The van der Waals surface area contributed by atoms with E-state index < -0.39 is 0 Å². The molecule has 2 rings (SSSR count). The Morgan fingerprint density at radius 1 is 1.53 bits per heavy atom. The van der Waals surface area contributed by atoms with Crippen LogP contribution < -0.4 is 4.74 Å². The zero-order chi connectivity index (χ0) is 10.7. The number of thiophene rings is 1. The molecule has 3 heteroatoms. The molecule has 1 fully saturated rings. The molecule has 0 aromatic carbocycles. The summed E-state index contributed by atoms with van der Waals surface area (Å²) in [7, 11) is 1.66. The van der Waals surface area contributed by atoms with E-state index >= 15 is 0 Å². The van der Waals surface area contributed by atoms with Crippen LogP contribution in [0.4, 0.5) is 0 Å². The predicted octanol–water partition coefficient (Wildman–Crippen LogP) is 3.37. The summed E-state index contributed by atoms with van der Waals surface area (Å²) in [5.74, 6) is 1.55. The maximum absolute atomic E-state index is 10.1. The maximum atomic E-state index is 10.1. The van der Waals surface area contributed by atoms with Crippen molar-refractivity contribution in [2.24, 2.45) is 5.92 Å². The number of hydrogen-bond donors (Lipinski definition) is 1. The second-order valence-corrected chi connectivity index (χ2v) is 5.20. The topological polar surface area (TPSA) is 29.5 Å². The van der Waals surface area contributed by atoms with Gasteiger partial charge >= 0.3 is 0 Å². The number of rotatable bonds is 4. The lowest BCUT2D eigenvalue weighted by atomic mass is 9.99. The smallest absolute Gasteiger partial charge is 0.135 e. The molecule has 0 radical (unpaired) electrons. The fraction of sp³-hybridized carbons (Fsp3) is 0.667. The molecule has 0 amide bonds. The molecule has 15 heavy (non-hydrogen) atoms. The second-order valence-electron chi connectivity index (χ2n) is 4.26. The van der Waals surface area contributed by atoms with Crippen LogP contribution >= 0.6 is 11.3 Å². The van der Waals surface area contributed by atoms with E-state index in [9.17, 15) is 5.11 Å². The van der Waals surface area contributed by atoms with Crippen molar-refractivity contribution in [1.82, 2.24) is 0 Å². The Morgan fingerprint density at radius 2 is 2.27 bits per heavy atom. The van der Waals surface area contributed by atoms with Crippen LogP contribution in [0.2, 0.25) is 0 Å². The van der Waals surface area contributed by atoms with Gasteiger partial charge in [-0.1, -0.05) is 25.7 Å². The molecule has 1 unspecified atom stereocenters. The van der Waals surface area contributed by atoms with Crippen molar-refractivity contribution in [2.75, 3.05) is 7.11 Å². The molecule has 0 spiro atoms. The Balaban J connectivity index is 1.97. The zero-order valence-electron chi connectivity index (χ0n) is 9.11. The van der Waals surface area contributed by atoms with Gasteiger partial charge in [0.15, 0.2) is 0 Å². The maximum Gasteiger partial charge on any atom is 0.135 e. The Morgan fingerprint density at radius 3 is 2.93 bits per heavy atom. The van der Waals surface area contributed by atoms with Crippen molar-refractivity contribution >= 4 is 11.3 Å². The fourth-order valence-electron chi connectivity index (χ4n) is 2.39. The number of aliphatic hydroxyl groups is 1. The Hall–Kier alpha value is -0.540. The molecule has 1 aromatic rings. The standard InChI is InChI=1S/C12H18O2S/c1-14-11-6-7-15-12(11)10(13)8-9-4-2-3-5-9/h6-7,9-10,13H,2-5,8H2,1H3. The van der Waals surface area contributed by atoms with Crippen molar-refractivity contribution < 1.29 is 9.84 Å². The van der Waals surface area contributed by atoms with Gasteiger partial charge in [-0.25, -0.2) is 0 Å². The highest BCUT2D eigenvalue weighted by Crippen LogP contribution is 2.38. The molecular formula is C12H18O2S. The van der Waals surface area contributed by atoms with Gasteiger partial charge < -0.3 is 9.84 Å². The van der Waals surface area contributed by atoms with Crippen LogP contribution in [0.3, 0.4) is 0 Å². The van der Waals surface area contributed by atoms with E-state index in [0.29, 0.717) is 5.92 Å². The zero-order valence-corrected chi connectivity index (χ0v) is 9.93. The lowest BCUT2D eigenvalue weighted by Gasteiger charge is -2.15. The molecule has 1 aliphatic rings. The first-order chi connectivity index (χ1) is 7.31. The van der Waals surface area contributed by atoms with Gasteiger partial charge in [0, 0.05) is 0 Å². The van der Waals surface area contributed by atoms with Crippen molar-refractivity contribution in [2.45, 2.75) is 38.2 Å². The van der Waals surface area contributed by atoms with Crippen LogP contribution in [-0.2, 0) is 0 Å². The summed E-state index contributed by atoms with van der Waals surface area (Å²) >= 11 is 1.59. The van der Waals surface area contributed by atoms with Gasteiger partial charge in [0.25, 0.3) is 0 Å². The Bertz CT molecular complexity index is 302. The van der Waals surface area contributed by atoms with E-state index in [1.165, 1.54) is 25.7 Å². The van der Waals surface area contributed by atoms with Crippen molar-refractivity contribution in [3.8, 4) is 5.75 Å². The van der Waals surface area contributed by atoms with Crippen LogP contribution in [-0.4, -0.2) is 12.2 Å². The minimum Gasteiger partial charge on any atom is -0.495 e. The van der Waals surface area contributed by atoms with Crippen LogP contribution in [0, 0.1) is 5.92 Å². The number of hydrogen-bond acceptors (Lipinski definition) is 3. The van der Waals surface area contributed by atoms with Gasteiger partial charge in [0.2, 0.25) is 0 Å². The second kappa shape index (κ2) is 4.99. The number of methoxy groups -OCH3 is 1. The summed E-state index contributed by atoms with van der Waals surface area (Å²) in [6.45, 7) is 0. The van der Waals surface area contributed by atoms with Crippen LogP contribution in [0.5, 0.6) is 5.75 Å². The molecule has 1 atom stereocenters. The van der Waals surface area contributed by atoms with Crippen molar-refractivity contribution in [3.05, 3.63) is 16.3 Å². The third kappa shape index (κ3) is 2.52. The van der Waals surface area contributed by atoms with Gasteiger partial charge in [0.05, 0.1) is 18.1 Å². The number of aliphatic hydroxyl groups excluding tert-OH is 1. The SMILES string of the molecule is COc1ccsc1C(O)CC1CCCC1. The first kappa shape index (κ1) is 11.0. The van der Waals surface area contributed by atoms with Crippen molar-refractivity contribution in [1.29, 1.82) is 0 Å². The Kier molecular flexibility index (Phi) is 3.65. The monoisotopic (exact) mass is 226 g/mol. The van der Waals surface area contributed by atoms with Gasteiger partial charge in [-0.3, -0.25) is 0 Å². The van der Waals surface area contributed by atoms with E-state index in [0.717, 1.165) is 17.0 Å². The molecule has 2 nitrogen and oxygen atoms in total. The highest BCUT2D eigenvalue weighted by atomic mass is 32.1. The van der Waals surface area contributed by atoms with Crippen LogP contribution in [0.25, 0.3) is 0 Å². The summed E-state index contributed by atoms with van der Waals surface area (Å²) in [5, 5.41) is 12.1. The summed E-state index contributed by atoms with van der Waals surface area (Å²) in [5.41, 5.74) is 0. The molecule has 84 valence electrons. The molecule has 1 aromatic heterocycles. The normalized spacial score (nSPS) is 19.3. The van der Waals surface area contributed by atoms with Crippen molar-refractivity contribution in [3.63, 3.8) is 0 Å². The van der Waals surface area contributed by atoms with E-state index in [4.69, 9.17) is 4.74 Å². The summed E-state index contributed by atoms with van der Waals surface area (Å²) in [6.07, 6.45) is 5.80. The molecule has 0 saturated heterocycles. The highest BCUT2D eigenvalue weighted by Gasteiger charge is 2.22. The van der Waals surface area contributed by atoms with E-state index in [1.54, 1.807) is 18.4 Å². The highest BCUT2D eigenvalue weighted by molar-refractivity contribution is 7.10. The molecule has 1 saturated carbocycles. The minimum atomic E-state index is -0.331. The minimum absolute atomic E-state index is 0.331. The summed E-state index contributed by atoms with van der Waals surface area (Å²) in [4.78, 5) is 0.990. The van der Waals surface area contributed by atoms with E-state index in [1.807, 2.05) is 11.4 Å².